The number of aliphatic hydroxyl groups excluding tert-OH is 1. The molecule has 4 heterocycles. The van der Waals surface area contributed by atoms with Crippen LogP contribution in [0.4, 0.5) is 0 Å². The van der Waals surface area contributed by atoms with Crippen LogP contribution in [0.2, 0.25) is 10.1 Å². The summed E-state index contributed by atoms with van der Waals surface area (Å²) in [7, 11) is -2.56. The van der Waals surface area contributed by atoms with Crippen molar-refractivity contribution in [2.24, 2.45) is 0 Å². The maximum absolute atomic E-state index is 10.7. The van der Waals surface area contributed by atoms with Crippen molar-refractivity contribution in [3.05, 3.63) is 12.7 Å². The van der Waals surface area contributed by atoms with Gasteiger partial charge in [-0.05, 0) is 33.1 Å². The molecule has 8 atom stereocenters. The number of fused-ring (bicyclic) bond motifs is 3. The van der Waals surface area contributed by atoms with Crippen molar-refractivity contribution in [2.75, 3.05) is 6.61 Å². The van der Waals surface area contributed by atoms with E-state index in [1.807, 2.05) is 6.08 Å². The lowest BCUT2D eigenvalue weighted by molar-refractivity contribution is -0.323. The minimum absolute atomic E-state index is 0.0305. The monoisotopic (exact) mass is 482 g/mol. The first-order valence-corrected chi connectivity index (χ1v) is 14.6. The van der Waals surface area contributed by atoms with E-state index in [2.05, 4.69) is 62.0 Å². The Bertz CT molecular complexity index is 730. The summed E-state index contributed by atoms with van der Waals surface area (Å²) in [6, 6.07) is 0. The second kappa shape index (κ2) is 8.39. The molecule has 4 saturated heterocycles. The van der Waals surface area contributed by atoms with Crippen molar-refractivity contribution in [2.45, 2.75) is 145 Å². The predicted molar refractivity (Wildman–Crippen MR) is 131 cm³/mol. The highest BCUT2D eigenvalue weighted by atomic mass is 28.4. The second-order valence-corrected chi connectivity index (χ2v) is 18.0. The topological polar surface area (TPSA) is 66.4 Å². The quantitative estimate of drug-likeness (QED) is 0.440. The molecular formula is C26H46O6Si. The molecule has 6 nitrogen and oxygen atoms in total. The van der Waals surface area contributed by atoms with Crippen molar-refractivity contribution in [3.8, 4) is 0 Å². The van der Waals surface area contributed by atoms with Crippen LogP contribution in [0.3, 0.4) is 0 Å². The van der Waals surface area contributed by atoms with E-state index in [9.17, 15) is 5.11 Å². The van der Waals surface area contributed by atoms with Gasteiger partial charge in [0.2, 0.25) is 0 Å². The molecule has 190 valence electrons. The summed E-state index contributed by atoms with van der Waals surface area (Å²) in [5.41, 5.74) is -1.01. The number of hydrogen-bond acceptors (Lipinski definition) is 6. The van der Waals surface area contributed by atoms with Crippen molar-refractivity contribution in [3.63, 3.8) is 0 Å². The summed E-state index contributed by atoms with van der Waals surface area (Å²) in [4.78, 5) is 0. The smallest absolute Gasteiger partial charge is 0.349 e. The van der Waals surface area contributed by atoms with Crippen LogP contribution in [-0.4, -0.2) is 68.1 Å². The van der Waals surface area contributed by atoms with Gasteiger partial charge < -0.3 is 28.2 Å². The molecule has 1 N–H and O–H groups in total. The van der Waals surface area contributed by atoms with Crippen molar-refractivity contribution >= 4 is 8.56 Å². The third-order valence-corrected chi connectivity index (χ3v) is 13.5. The lowest BCUT2D eigenvalue weighted by atomic mass is 9.74. The van der Waals surface area contributed by atoms with Crippen LogP contribution < -0.4 is 0 Å². The maximum Gasteiger partial charge on any atom is 0.349 e. The molecule has 0 saturated carbocycles. The Morgan fingerprint density at radius 2 is 1.61 bits per heavy atom. The lowest BCUT2D eigenvalue weighted by Crippen LogP contribution is -2.71. The zero-order valence-corrected chi connectivity index (χ0v) is 23.0. The molecule has 7 heteroatoms. The second-order valence-electron chi connectivity index (χ2n) is 13.2. The van der Waals surface area contributed by atoms with Crippen LogP contribution in [0.1, 0.15) is 87.5 Å². The average molecular weight is 483 g/mol. The molecule has 0 aromatic rings. The van der Waals surface area contributed by atoms with Gasteiger partial charge in [-0.25, -0.2) is 0 Å². The van der Waals surface area contributed by atoms with Gasteiger partial charge in [-0.1, -0.05) is 47.6 Å². The Morgan fingerprint density at radius 3 is 2.21 bits per heavy atom. The standard InChI is InChI=1S/C26H46O6Si/c1-10-11-18-17(27)12-13-21-25(8,30-18)16-26(9)22(29-21)14-19-20(31-26)15-28-33(32-19,23(2,3)4)24(5,6)7/h10,17-22,27H,1,11-16H2,2-9H3/t17-,18+,19+,20-,21+,22-,25-,26+/m0/s1. The molecule has 4 fully saturated rings. The largest absolute Gasteiger partial charge is 0.391 e. The van der Waals surface area contributed by atoms with Gasteiger partial charge in [0.1, 0.15) is 6.10 Å². The van der Waals surface area contributed by atoms with Gasteiger partial charge in [0.25, 0.3) is 0 Å². The minimum Gasteiger partial charge on any atom is -0.391 e. The summed E-state index contributed by atoms with van der Waals surface area (Å²) in [6.07, 6.45) is 4.37. The Hall–Kier alpha value is -0.283. The molecule has 0 aromatic heterocycles. The molecule has 4 rings (SSSR count). The highest BCUT2D eigenvalue weighted by Gasteiger charge is 2.65. The van der Waals surface area contributed by atoms with Gasteiger partial charge in [-0.3, -0.25) is 0 Å². The molecule has 4 aliphatic heterocycles. The molecule has 4 aliphatic rings. The zero-order valence-electron chi connectivity index (χ0n) is 22.0. The third-order valence-electron chi connectivity index (χ3n) is 8.39. The minimum atomic E-state index is -2.56. The van der Waals surface area contributed by atoms with Gasteiger partial charge in [0.15, 0.2) is 0 Å². The van der Waals surface area contributed by atoms with E-state index in [1.54, 1.807) is 0 Å². The Balaban J connectivity index is 1.57. The molecule has 0 aromatic carbocycles. The lowest BCUT2D eigenvalue weighted by Gasteiger charge is -2.61. The molecule has 0 unspecified atom stereocenters. The van der Waals surface area contributed by atoms with E-state index in [4.69, 9.17) is 23.1 Å². The number of rotatable bonds is 2. The van der Waals surface area contributed by atoms with Crippen molar-refractivity contribution in [1.82, 2.24) is 0 Å². The van der Waals surface area contributed by atoms with Crippen molar-refractivity contribution in [1.29, 1.82) is 0 Å². The van der Waals surface area contributed by atoms with Crippen LogP contribution in [0.15, 0.2) is 12.7 Å². The maximum atomic E-state index is 10.7. The van der Waals surface area contributed by atoms with E-state index < -0.39 is 25.9 Å². The van der Waals surface area contributed by atoms with E-state index in [0.717, 1.165) is 19.3 Å². The summed E-state index contributed by atoms with van der Waals surface area (Å²) in [5.74, 6) is 0. The highest BCUT2D eigenvalue weighted by Crippen LogP contribution is 2.57. The summed E-state index contributed by atoms with van der Waals surface area (Å²) in [5, 5.41) is 10.5. The first-order valence-electron chi connectivity index (χ1n) is 12.8. The fourth-order valence-electron chi connectivity index (χ4n) is 7.03. The zero-order chi connectivity index (χ0) is 24.4. The van der Waals surface area contributed by atoms with Crippen molar-refractivity contribution < 1.29 is 28.2 Å². The Labute approximate surface area is 201 Å². The van der Waals surface area contributed by atoms with E-state index in [0.29, 0.717) is 19.4 Å². The van der Waals surface area contributed by atoms with E-state index in [-0.39, 0.29) is 40.6 Å². The fraction of sp³-hybridized carbons (Fsp3) is 0.923. The van der Waals surface area contributed by atoms with Crippen LogP contribution in [0.25, 0.3) is 0 Å². The fourth-order valence-corrected chi connectivity index (χ4v) is 12.0. The molecular weight excluding hydrogens is 436 g/mol. The molecule has 0 bridgehead atoms. The third kappa shape index (κ3) is 4.30. The first kappa shape index (κ1) is 25.8. The first-order chi connectivity index (χ1) is 15.1. The van der Waals surface area contributed by atoms with Gasteiger partial charge in [-0.2, -0.15) is 0 Å². The van der Waals surface area contributed by atoms with Gasteiger partial charge in [0.05, 0.1) is 48.3 Å². The Kier molecular flexibility index (Phi) is 6.56. The number of aliphatic hydroxyl groups is 1. The predicted octanol–water partition coefficient (Wildman–Crippen LogP) is 5.02. The molecule has 33 heavy (non-hydrogen) atoms. The highest BCUT2D eigenvalue weighted by molar-refractivity contribution is 6.73. The van der Waals surface area contributed by atoms with E-state index >= 15 is 0 Å². The molecule has 0 spiro atoms. The molecule has 0 radical (unpaired) electrons. The van der Waals surface area contributed by atoms with Crippen LogP contribution in [0, 0.1) is 0 Å². The van der Waals surface area contributed by atoms with Gasteiger partial charge >= 0.3 is 8.56 Å². The van der Waals surface area contributed by atoms with E-state index in [1.165, 1.54) is 0 Å². The molecule has 0 aliphatic carbocycles. The normalized spacial score (nSPS) is 45.8. The van der Waals surface area contributed by atoms with Crippen LogP contribution in [0.5, 0.6) is 0 Å². The summed E-state index contributed by atoms with van der Waals surface area (Å²) < 4.78 is 33.7. The van der Waals surface area contributed by atoms with Crippen LogP contribution >= 0.6 is 0 Å². The van der Waals surface area contributed by atoms with Gasteiger partial charge in [-0.15, -0.1) is 6.58 Å². The summed E-state index contributed by atoms with van der Waals surface area (Å²) in [6.45, 7) is 22.1. The molecule has 0 amide bonds. The van der Waals surface area contributed by atoms with Crippen LogP contribution in [-0.2, 0) is 23.1 Å². The SMILES string of the molecule is C=CC[C@H]1O[C@@]2(C)C[C@@]3(C)O[C@H]4CO[Si](C(C)(C)C)(C(C)(C)C)O[C@@H]4C[C@@H]3O[C@@H]2CC[C@@H]1O. The average Bonchev–Trinajstić information content (AvgIpc) is 2.78. The Morgan fingerprint density at radius 1 is 0.970 bits per heavy atom. The number of hydrogen-bond donors (Lipinski definition) is 1. The summed E-state index contributed by atoms with van der Waals surface area (Å²) >= 11 is 0. The van der Waals surface area contributed by atoms with Gasteiger partial charge in [0, 0.05) is 22.9 Å². The number of ether oxygens (including phenoxy) is 3.